The van der Waals surface area contributed by atoms with E-state index in [1.54, 1.807) is 12.1 Å². The summed E-state index contributed by atoms with van der Waals surface area (Å²) < 4.78 is 11.0. The molecule has 0 unspecified atom stereocenters. The number of imide groups is 1. The van der Waals surface area contributed by atoms with Crippen LogP contribution in [-0.2, 0) is 9.59 Å². The van der Waals surface area contributed by atoms with Crippen molar-refractivity contribution in [1.29, 1.82) is 0 Å². The molecule has 2 amide bonds. The topological polar surface area (TPSA) is 115 Å². The number of ether oxygens (including phenoxy) is 1. The standard InChI is InChI=1S/C21H17N3O6/c1-29-17-9-13(24(27)28)4-6-15(17)16-7-5-14(30-16)10-22-23-20(25)18-11-2-3-12(8-11)19(18)21(23)26/h2-7,9-12,18-19H,8H2,1H3/t11-,12-,18-,19+/m0/s1. The van der Waals surface area contributed by atoms with E-state index < -0.39 is 4.92 Å². The fourth-order valence-electron chi connectivity index (χ4n) is 4.68. The van der Waals surface area contributed by atoms with Crippen molar-refractivity contribution in [2.45, 2.75) is 6.42 Å². The zero-order valence-electron chi connectivity index (χ0n) is 15.9. The number of nitro benzene ring substituents is 1. The van der Waals surface area contributed by atoms with Crippen molar-refractivity contribution in [3.8, 4) is 17.1 Å². The van der Waals surface area contributed by atoms with Crippen molar-refractivity contribution in [1.82, 2.24) is 5.01 Å². The van der Waals surface area contributed by atoms with E-state index in [0.717, 1.165) is 11.4 Å². The molecule has 0 N–H and O–H groups in total. The Morgan fingerprint density at radius 3 is 2.50 bits per heavy atom. The second-order valence-electron chi connectivity index (χ2n) is 7.58. The van der Waals surface area contributed by atoms with E-state index in [4.69, 9.17) is 9.15 Å². The molecule has 5 rings (SSSR count). The van der Waals surface area contributed by atoms with Gasteiger partial charge in [-0.1, -0.05) is 12.2 Å². The quantitative estimate of drug-likeness (QED) is 0.247. The third-order valence-electron chi connectivity index (χ3n) is 6.04. The molecular weight excluding hydrogens is 390 g/mol. The zero-order valence-corrected chi connectivity index (χ0v) is 15.9. The highest BCUT2D eigenvalue weighted by molar-refractivity contribution is 6.06. The number of benzene rings is 1. The number of methoxy groups -OCH3 is 1. The molecule has 2 aromatic rings. The second kappa shape index (κ2) is 6.65. The van der Waals surface area contributed by atoms with Gasteiger partial charge in [-0.2, -0.15) is 10.1 Å². The average molecular weight is 407 g/mol. The van der Waals surface area contributed by atoms with Crippen LogP contribution in [0.25, 0.3) is 11.3 Å². The molecule has 1 aromatic heterocycles. The van der Waals surface area contributed by atoms with Gasteiger partial charge in [0.15, 0.2) is 0 Å². The Morgan fingerprint density at radius 1 is 1.17 bits per heavy atom. The summed E-state index contributed by atoms with van der Waals surface area (Å²) in [5, 5.41) is 16.0. The summed E-state index contributed by atoms with van der Waals surface area (Å²) in [6.45, 7) is 0. The Labute approximate surface area is 170 Å². The van der Waals surface area contributed by atoms with Crippen LogP contribution in [0.1, 0.15) is 12.2 Å². The van der Waals surface area contributed by atoms with Crippen LogP contribution in [0, 0.1) is 33.8 Å². The molecule has 1 saturated carbocycles. The van der Waals surface area contributed by atoms with Crippen LogP contribution >= 0.6 is 0 Å². The normalized spacial score (nSPS) is 26.8. The Kier molecular flexibility index (Phi) is 4.05. The van der Waals surface area contributed by atoms with E-state index in [9.17, 15) is 19.7 Å². The molecule has 1 saturated heterocycles. The molecule has 152 valence electrons. The van der Waals surface area contributed by atoms with Crippen LogP contribution in [0.2, 0.25) is 0 Å². The maximum Gasteiger partial charge on any atom is 0.273 e. The minimum atomic E-state index is -0.506. The summed E-state index contributed by atoms with van der Waals surface area (Å²) in [7, 11) is 1.41. The highest BCUT2D eigenvalue weighted by Gasteiger charge is 2.59. The van der Waals surface area contributed by atoms with E-state index in [1.165, 1.54) is 31.5 Å². The summed E-state index contributed by atoms with van der Waals surface area (Å²) in [5.74, 6) is 0.169. The number of non-ortho nitro benzene ring substituents is 1. The Morgan fingerprint density at radius 2 is 1.87 bits per heavy atom. The van der Waals surface area contributed by atoms with Crippen LogP contribution < -0.4 is 4.74 Å². The first-order valence-corrected chi connectivity index (χ1v) is 9.50. The van der Waals surface area contributed by atoms with Gasteiger partial charge >= 0.3 is 0 Å². The maximum atomic E-state index is 12.7. The molecule has 2 heterocycles. The lowest BCUT2D eigenvalue weighted by Crippen LogP contribution is -2.28. The predicted octanol–water partition coefficient (Wildman–Crippen LogP) is 3.00. The summed E-state index contributed by atoms with van der Waals surface area (Å²) in [5.41, 5.74) is 0.442. The molecule has 0 spiro atoms. The fourth-order valence-corrected chi connectivity index (χ4v) is 4.68. The first-order chi connectivity index (χ1) is 14.5. The zero-order chi connectivity index (χ0) is 21.0. The number of fused-ring (bicyclic) bond motifs is 5. The lowest BCUT2D eigenvalue weighted by molar-refractivity contribution is -0.384. The molecule has 2 fully saturated rings. The van der Waals surface area contributed by atoms with Crippen molar-refractivity contribution < 1.29 is 23.7 Å². The molecule has 9 heteroatoms. The smallest absolute Gasteiger partial charge is 0.273 e. The van der Waals surface area contributed by atoms with Crippen LogP contribution in [0.5, 0.6) is 5.75 Å². The molecule has 3 aliphatic rings. The number of carbonyl (C=O) groups is 2. The molecule has 2 aliphatic carbocycles. The van der Waals surface area contributed by atoms with Crippen molar-refractivity contribution in [2.24, 2.45) is 28.8 Å². The molecule has 1 aliphatic heterocycles. The third-order valence-corrected chi connectivity index (χ3v) is 6.04. The van der Waals surface area contributed by atoms with Gasteiger partial charge in [0.05, 0.1) is 41.7 Å². The van der Waals surface area contributed by atoms with Crippen molar-refractivity contribution in [3.05, 3.63) is 58.4 Å². The first-order valence-electron chi connectivity index (χ1n) is 9.50. The van der Waals surface area contributed by atoms with Gasteiger partial charge in [-0.05, 0) is 36.5 Å². The molecule has 9 nitrogen and oxygen atoms in total. The van der Waals surface area contributed by atoms with E-state index in [-0.39, 0.29) is 41.2 Å². The van der Waals surface area contributed by atoms with Gasteiger partial charge in [-0.15, -0.1) is 0 Å². The molecule has 0 radical (unpaired) electrons. The molecule has 1 aromatic carbocycles. The number of nitro groups is 1. The van der Waals surface area contributed by atoms with Gasteiger partial charge in [0.2, 0.25) is 0 Å². The largest absolute Gasteiger partial charge is 0.496 e. The second-order valence-corrected chi connectivity index (χ2v) is 7.58. The molecule has 4 atom stereocenters. The number of furan rings is 1. The monoisotopic (exact) mass is 407 g/mol. The van der Waals surface area contributed by atoms with Crippen LogP contribution in [-0.4, -0.2) is 35.1 Å². The highest BCUT2D eigenvalue weighted by Crippen LogP contribution is 2.52. The molecular formula is C21H17N3O6. The number of carbonyl (C=O) groups excluding carboxylic acids is 2. The summed E-state index contributed by atoms with van der Waals surface area (Å²) >= 11 is 0. The lowest BCUT2D eigenvalue weighted by Gasteiger charge is -2.13. The number of hydrogen-bond donors (Lipinski definition) is 0. The summed E-state index contributed by atoms with van der Waals surface area (Å²) in [4.78, 5) is 35.8. The first kappa shape index (κ1) is 18.3. The molecule has 2 bridgehead atoms. The minimum absolute atomic E-state index is 0.0935. The minimum Gasteiger partial charge on any atom is -0.496 e. The van der Waals surface area contributed by atoms with Crippen LogP contribution in [0.15, 0.2) is 52.0 Å². The third kappa shape index (κ3) is 2.66. The maximum absolute atomic E-state index is 12.7. The van der Waals surface area contributed by atoms with Crippen LogP contribution in [0.3, 0.4) is 0 Å². The van der Waals surface area contributed by atoms with Crippen molar-refractivity contribution in [2.75, 3.05) is 7.11 Å². The van der Waals surface area contributed by atoms with Gasteiger partial charge in [-0.3, -0.25) is 19.7 Å². The Bertz CT molecular complexity index is 1100. The van der Waals surface area contributed by atoms with Gasteiger partial charge in [0.25, 0.3) is 17.5 Å². The van der Waals surface area contributed by atoms with Gasteiger partial charge in [0.1, 0.15) is 17.3 Å². The van der Waals surface area contributed by atoms with E-state index >= 15 is 0 Å². The fraction of sp³-hybridized carbons (Fsp3) is 0.286. The Balaban J connectivity index is 1.37. The van der Waals surface area contributed by atoms with E-state index in [1.807, 2.05) is 12.2 Å². The summed E-state index contributed by atoms with van der Waals surface area (Å²) in [6, 6.07) is 7.51. The highest BCUT2D eigenvalue weighted by atomic mass is 16.6. The number of hydrogen-bond acceptors (Lipinski definition) is 7. The predicted molar refractivity (Wildman–Crippen MR) is 105 cm³/mol. The van der Waals surface area contributed by atoms with E-state index in [2.05, 4.69) is 5.10 Å². The number of amides is 2. The Hall–Kier alpha value is -3.75. The van der Waals surface area contributed by atoms with Crippen LogP contribution in [0.4, 0.5) is 5.69 Å². The van der Waals surface area contributed by atoms with Gasteiger partial charge in [0, 0.05) is 6.07 Å². The summed E-state index contributed by atoms with van der Waals surface area (Å²) in [6.07, 6.45) is 6.25. The van der Waals surface area contributed by atoms with Gasteiger partial charge in [-0.25, -0.2) is 0 Å². The number of allylic oxidation sites excluding steroid dienone is 2. The SMILES string of the molecule is COc1cc([N+](=O)[O-])ccc1-c1ccc(C=NN2C(=O)[C@@H]3[C@H](C2=O)[C@H]2C=C[C@H]3C2)o1. The van der Waals surface area contributed by atoms with E-state index in [0.29, 0.717) is 22.8 Å². The molecule has 30 heavy (non-hydrogen) atoms. The number of rotatable bonds is 5. The number of nitrogens with zero attached hydrogens (tertiary/aromatic N) is 3. The number of hydrazone groups is 1. The average Bonchev–Trinajstić information content (AvgIpc) is 3.51. The lowest BCUT2D eigenvalue weighted by atomic mass is 9.85. The van der Waals surface area contributed by atoms with Crippen molar-refractivity contribution >= 4 is 23.7 Å². The van der Waals surface area contributed by atoms with Gasteiger partial charge < -0.3 is 9.15 Å². The van der Waals surface area contributed by atoms with Crippen molar-refractivity contribution in [3.63, 3.8) is 0 Å².